The van der Waals surface area contributed by atoms with E-state index < -0.39 is 14.9 Å². The highest BCUT2D eigenvalue weighted by atomic mass is 32.2. The highest BCUT2D eigenvalue weighted by Gasteiger charge is 2.13. The van der Waals surface area contributed by atoms with E-state index in [9.17, 15) is 18.5 Å². The summed E-state index contributed by atoms with van der Waals surface area (Å²) >= 11 is 0. The molecule has 1 N–H and O–H groups in total. The summed E-state index contributed by atoms with van der Waals surface area (Å²) in [5, 5.41) is 18.9. The van der Waals surface area contributed by atoms with Crippen molar-refractivity contribution in [3.05, 3.63) is 94.8 Å². The number of nitro benzene ring substituents is 1. The lowest BCUT2D eigenvalue weighted by Crippen LogP contribution is -2.10. The lowest BCUT2D eigenvalue weighted by molar-refractivity contribution is -0.384. The molecule has 0 spiro atoms. The molecule has 0 amide bonds. The number of para-hydroxylation sites is 1. The first-order valence-electron chi connectivity index (χ1n) is 9.90. The van der Waals surface area contributed by atoms with Crippen LogP contribution in [0.25, 0.3) is 5.69 Å². The first kappa shape index (κ1) is 22.7. The monoisotopic (exact) mass is 481 g/mol. The lowest BCUT2D eigenvalue weighted by Gasteiger charge is -2.13. The van der Waals surface area contributed by atoms with Gasteiger partial charge in [0.05, 0.1) is 28.8 Å². The minimum Gasteiger partial charge on any atom is -0.487 e. The zero-order chi connectivity index (χ0) is 24.1. The molecular formula is C22H19N5O6S. The average molecular weight is 481 g/mol. The fourth-order valence-electron chi connectivity index (χ4n) is 2.95. The maximum Gasteiger partial charge on any atom is 0.269 e. The van der Waals surface area contributed by atoms with Gasteiger partial charge in [0.15, 0.2) is 5.75 Å². The predicted octanol–water partition coefficient (Wildman–Crippen LogP) is 3.92. The molecule has 174 valence electrons. The minimum absolute atomic E-state index is 0.0272. The Bertz CT molecular complexity index is 1410. The van der Waals surface area contributed by atoms with Gasteiger partial charge in [-0.05, 0) is 36.4 Å². The molecule has 0 fully saturated rings. The maximum absolute atomic E-state index is 11.8. The fraction of sp³-hybridized carbons (Fsp3) is 0.0909. The van der Waals surface area contributed by atoms with E-state index >= 15 is 0 Å². The second-order valence-corrected chi connectivity index (χ2v) is 8.91. The normalized spacial score (nSPS) is 11.1. The molecule has 0 saturated heterocycles. The predicted molar refractivity (Wildman–Crippen MR) is 124 cm³/mol. The van der Waals surface area contributed by atoms with Gasteiger partial charge < -0.3 is 9.47 Å². The van der Waals surface area contributed by atoms with Crippen LogP contribution in [-0.2, 0) is 16.6 Å². The van der Waals surface area contributed by atoms with E-state index in [0.717, 1.165) is 6.26 Å². The molecule has 1 heterocycles. The molecule has 1 aromatic heterocycles. The third-order valence-electron chi connectivity index (χ3n) is 4.47. The number of non-ortho nitro benzene ring substituents is 1. The molecule has 0 bridgehead atoms. The maximum atomic E-state index is 11.8. The van der Waals surface area contributed by atoms with Gasteiger partial charge in [0.1, 0.15) is 23.8 Å². The van der Waals surface area contributed by atoms with Gasteiger partial charge in [-0.25, -0.2) is 13.1 Å². The number of aromatic nitrogens is 3. The van der Waals surface area contributed by atoms with E-state index in [-0.39, 0.29) is 23.7 Å². The molecule has 4 rings (SSSR count). The van der Waals surface area contributed by atoms with Gasteiger partial charge in [0, 0.05) is 18.2 Å². The summed E-state index contributed by atoms with van der Waals surface area (Å²) < 4.78 is 39.0. The van der Waals surface area contributed by atoms with Gasteiger partial charge in [0.25, 0.3) is 5.69 Å². The van der Waals surface area contributed by atoms with Crippen molar-refractivity contribution in [1.29, 1.82) is 0 Å². The van der Waals surface area contributed by atoms with Crippen LogP contribution >= 0.6 is 0 Å². The van der Waals surface area contributed by atoms with Crippen LogP contribution in [0.5, 0.6) is 17.2 Å². The largest absolute Gasteiger partial charge is 0.487 e. The van der Waals surface area contributed by atoms with Crippen molar-refractivity contribution in [3.8, 4) is 22.9 Å². The van der Waals surface area contributed by atoms with E-state index in [1.54, 1.807) is 48.7 Å². The van der Waals surface area contributed by atoms with Gasteiger partial charge in [-0.1, -0.05) is 23.4 Å². The summed E-state index contributed by atoms with van der Waals surface area (Å²) in [4.78, 5) is 10.3. The van der Waals surface area contributed by atoms with Crippen LogP contribution in [-0.4, -0.2) is 34.6 Å². The standard InChI is InChI=1S/C22H19N5O6S/c1-34(30,31)24-21-12-9-18(13-22(21)33-20-5-3-2-4-6-20)26-14-16(23-25-26)15-32-19-10-7-17(8-11-19)27(28)29/h2-14,24H,15H2,1H3. The van der Waals surface area contributed by atoms with E-state index in [4.69, 9.17) is 9.47 Å². The van der Waals surface area contributed by atoms with Crippen molar-refractivity contribution in [3.63, 3.8) is 0 Å². The first-order chi connectivity index (χ1) is 16.3. The third kappa shape index (κ3) is 5.86. The molecule has 0 unspecified atom stereocenters. The van der Waals surface area contributed by atoms with Crippen molar-refractivity contribution in [1.82, 2.24) is 15.0 Å². The first-order valence-corrected chi connectivity index (χ1v) is 11.8. The summed E-state index contributed by atoms with van der Waals surface area (Å²) in [5.74, 6) is 1.27. The van der Waals surface area contributed by atoms with Crippen molar-refractivity contribution < 1.29 is 22.8 Å². The quantitative estimate of drug-likeness (QED) is 0.280. The van der Waals surface area contributed by atoms with Crippen LogP contribution in [0.4, 0.5) is 11.4 Å². The van der Waals surface area contributed by atoms with Crippen LogP contribution in [0.2, 0.25) is 0 Å². The number of rotatable bonds is 9. The van der Waals surface area contributed by atoms with Gasteiger partial charge >= 0.3 is 0 Å². The number of sulfonamides is 1. The average Bonchev–Trinajstić information content (AvgIpc) is 3.28. The molecule has 0 atom stereocenters. The summed E-state index contributed by atoms with van der Waals surface area (Å²) in [6, 6.07) is 19.5. The van der Waals surface area contributed by atoms with E-state index in [0.29, 0.717) is 22.9 Å². The van der Waals surface area contributed by atoms with Crippen molar-refractivity contribution >= 4 is 21.4 Å². The molecule has 12 heteroatoms. The second kappa shape index (κ2) is 9.58. The summed E-state index contributed by atoms with van der Waals surface area (Å²) in [5.41, 5.74) is 1.35. The summed E-state index contributed by atoms with van der Waals surface area (Å²) in [6.07, 6.45) is 2.71. The number of ether oxygens (including phenoxy) is 2. The highest BCUT2D eigenvalue weighted by molar-refractivity contribution is 7.92. The number of nitro groups is 1. The Morgan fingerprint density at radius 2 is 1.76 bits per heavy atom. The Morgan fingerprint density at radius 1 is 1.03 bits per heavy atom. The summed E-state index contributed by atoms with van der Waals surface area (Å²) in [6.45, 7) is 0.0961. The van der Waals surface area contributed by atoms with Gasteiger partial charge in [-0.3, -0.25) is 14.8 Å². The van der Waals surface area contributed by atoms with Crippen LogP contribution in [0.1, 0.15) is 5.69 Å². The molecule has 0 radical (unpaired) electrons. The third-order valence-corrected chi connectivity index (χ3v) is 5.06. The number of nitrogens with zero attached hydrogens (tertiary/aromatic N) is 4. The minimum atomic E-state index is -3.53. The molecule has 0 aliphatic carbocycles. The number of nitrogens with one attached hydrogen (secondary N) is 1. The molecule has 0 saturated carbocycles. The second-order valence-electron chi connectivity index (χ2n) is 7.16. The molecule has 3 aromatic carbocycles. The topological polar surface area (TPSA) is 138 Å². The van der Waals surface area contributed by atoms with E-state index in [2.05, 4.69) is 15.0 Å². The van der Waals surface area contributed by atoms with Crippen LogP contribution in [0.15, 0.2) is 79.0 Å². The lowest BCUT2D eigenvalue weighted by atomic mass is 10.2. The SMILES string of the molecule is CS(=O)(=O)Nc1ccc(-n2cc(COc3ccc([N+](=O)[O-])cc3)nn2)cc1Oc1ccccc1. The number of hydrogen-bond acceptors (Lipinski definition) is 8. The summed E-state index contributed by atoms with van der Waals surface area (Å²) in [7, 11) is -3.53. The Hall–Kier alpha value is -4.45. The Balaban J connectivity index is 1.53. The Labute approximate surface area is 194 Å². The van der Waals surface area contributed by atoms with Crippen LogP contribution < -0.4 is 14.2 Å². The van der Waals surface area contributed by atoms with Crippen molar-refractivity contribution in [2.45, 2.75) is 6.61 Å². The molecule has 34 heavy (non-hydrogen) atoms. The van der Waals surface area contributed by atoms with Crippen molar-refractivity contribution in [2.75, 3.05) is 11.0 Å². The highest BCUT2D eigenvalue weighted by Crippen LogP contribution is 2.32. The smallest absolute Gasteiger partial charge is 0.269 e. The molecule has 0 aliphatic heterocycles. The molecular weight excluding hydrogens is 462 g/mol. The number of benzene rings is 3. The molecule has 0 aliphatic rings. The number of hydrogen-bond donors (Lipinski definition) is 1. The number of anilines is 1. The fourth-order valence-corrected chi connectivity index (χ4v) is 3.52. The Kier molecular flexibility index (Phi) is 6.41. The Morgan fingerprint density at radius 3 is 2.44 bits per heavy atom. The van der Waals surface area contributed by atoms with Crippen LogP contribution in [0, 0.1) is 10.1 Å². The van der Waals surface area contributed by atoms with Gasteiger partial charge in [0.2, 0.25) is 10.0 Å². The zero-order valence-corrected chi connectivity index (χ0v) is 18.7. The molecule has 11 nitrogen and oxygen atoms in total. The van der Waals surface area contributed by atoms with E-state index in [1.807, 2.05) is 6.07 Å². The zero-order valence-electron chi connectivity index (χ0n) is 17.9. The van der Waals surface area contributed by atoms with E-state index in [1.165, 1.54) is 28.9 Å². The van der Waals surface area contributed by atoms with Gasteiger partial charge in [-0.2, -0.15) is 0 Å². The molecule has 4 aromatic rings. The van der Waals surface area contributed by atoms with Crippen LogP contribution in [0.3, 0.4) is 0 Å². The van der Waals surface area contributed by atoms with Crippen molar-refractivity contribution in [2.24, 2.45) is 0 Å². The van der Waals surface area contributed by atoms with Gasteiger partial charge in [-0.15, -0.1) is 5.10 Å².